The van der Waals surface area contributed by atoms with Crippen LogP contribution in [-0.2, 0) is 0 Å². The molecule has 0 bridgehead atoms. The third kappa shape index (κ3) is 2.20. The van der Waals surface area contributed by atoms with Crippen LogP contribution in [0.3, 0.4) is 0 Å². The van der Waals surface area contributed by atoms with Gasteiger partial charge in [0, 0.05) is 23.5 Å². The maximum absolute atomic E-state index is 6.38. The Morgan fingerprint density at radius 3 is 2.68 bits per heavy atom. The zero-order valence-corrected chi connectivity index (χ0v) is 10.7. The molecule has 3 heteroatoms. The second-order valence-electron chi connectivity index (χ2n) is 4.63. The van der Waals surface area contributed by atoms with Crippen LogP contribution in [0.5, 0.6) is 0 Å². The second kappa shape index (κ2) is 4.78. The first-order valence-corrected chi connectivity index (χ1v) is 6.27. The van der Waals surface area contributed by atoms with Crippen LogP contribution in [-0.4, -0.2) is 9.97 Å². The first kappa shape index (κ1) is 11.8. The Morgan fingerprint density at radius 1 is 1.00 bits per heavy atom. The van der Waals surface area contributed by atoms with Gasteiger partial charge in [0.2, 0.25) is 0 Å². The lowest BCUT2D eigenvalue weighted by Crippen LogP contribution is -2.13. The number of nitrogens with zero attached hydrogens (tertiary/aromatic N) is 2. The molecule has 0 spiro atoms. The molecule has 19 heavy (non-hydrogen) atoms. The maximum atomic E-state index is 6.38. The van der Waals surface area contributed by atoms with Crippen LogP contribution >= 0.6 is 0 Å². The number of rotatable bonds is 2. The molecule has 0 aliphatic rings. The summed E-state index contributed by atoms with van der Waals surface area (Å²) in [6.45, 7) is 1.97. The van der Waals surface area contributed by atoms with Gasteiger partial charge in [-0.25, -0.2) is 0 Å². The van der Waals surface area contributed by atoms with Gasteiger partial charge in [0.25, 0.3) is 0 Å². The van der Waals surface area contributed by atoms with Gasteiger partial charge in [0.15, 0.2) is 0 Å². The standard InChI is InChI=1S/C16H15N3/c1-11-10-13(7-9-18-11)15(17)14-6-2-4-12-5-3-8-19-16(12)14/h2-10,15H,17H2,1H3. The Hall–Kier alpha value is -2.26. The van der Waals surface area contributed by atoms with E-state index in [1.54, 1.807) is 12.4 Å². The Morgan fingerprint density at radius 2 is 1.84 bits per heavy atom. The average molecular weight is 249 g/mol. The third-order valence-corrected chi connectivity index (χ3v) is 3.28. The topological polar surface area (TPSA) is 51.8 Å². The smallest absolute Gasteiger partial charge is 0.0753 e. The molecule has 0 amide bonds. The quantitative estimate of drug-likeness (QED) is 0.759. The summed E-state index contributed by atoms with van der Waals surface area (Å²) in [5.41, 5.74) is 10.4. The Labute approximate surface area is 112 Å². The lowest BCUT2D eigenvalue weighted by Gasteiger charge is -2.14. The second-order valence-corrected chi connectivity index (χ2v) is 4.63. The molecule has 3 nitrogen and oxygen atoms in total. The van der Waals surface area contributed by atoms with E-state index < -0.39 is 0 Å². The van der Waals surface area contributed by atoms with Crippen molar-refractivity contribution in [3.63, 3.8) is 0 Å². The normalized spacial score (nSPS) is 12.5. The molecule has 0 radical (unpaired) electrons. The molecule has 1 aromatic carbocycles. The first-order valence-electron chi connectivity index (χ1n) is 6.27. The highest BCUT2D eigenvalue weighted by atomic mass is 14.7. The van der Waals surface area contributed by atoms with E-state index in [9.17, 15) is 0 Å². The molecule has 0 saturated carbocycles. The van der Waals surface area contributed by atoms with Gasteiger partial charge >= 0.3 is 0 Å². The molecule has 1 atom stereocenters. The van der Waals surface area contributed by atoms with Gasteiger partial charge in [0.1, 0.15) is 0 Å². The predicted molar refractivity (Wildman–Crippen MR) is 76.7 cm³/mol. The number of pyridine rings is 2. The lowest BCUT2D eigenvalue weighted by atomic mass is 9.97. The highest BCUT2D eigenvalue weighted by Crippen LogP contribution is 2.25. The van der Waals surface area contributed by atoms with Crippen molar-refractivity contribution in [3.05, 3.63) is 71.7 Å². The van der Waals surface area contributed by atoms with Gasteiger partial charge in [0.05, 0.1) is 11.6 Å². The minimum atomic E-state index is -0.180. The van der Waals surface area contributed by atoms with E-state index >= 15 is 0 Å². The molecule has 94 valence electrons. The molecular formula is C16H15N3. The van der Waals surface area contributed by atoms with Crippen molar-refractivity contribution in [1.82, 2.24) is 9.97 Å². The number of aromatic nitrogens is 2. The zero-order chi connectivity index (χ0) is 13.2. The minimum Gasteiger partial charge on any atom is -0.320 e. The number of benzene rings is 1. The van der Waals surface area contributed by atoms with Crippen molar-refractivity contribution in [2.24, 2.45) is 5.73 Å². The van der Waals surface area contributed by atoms with Crippen molar-refractivity contribution in [1.29, 1.82) is 0 Å². The molecule has 2 N–H and O–H groups in total. The Balaban J connectivity index is 2.14. The molecule has 3 rings (SSSR count). The molecule has 3 aromatic rings. The summed E-state index contributed by atoms with van der Waals surface area (Å²) in [7, 11) is 0. The van der Waals surface area contributed by atoms with Gasteiger partial charge in [-0.2, -0.15) is 0 Å². The van der Waals surface area contributed by atoms with Crippen LogP contribution in [0.1, 0.15) is 22.9 Å². The molecule has 0 saturated heterocycles. The summed E-state index contributed by atoms with van der Waals surface area (Å²) < 4.78 is 0. The van der Waals surface area contributed by atoms with Crippen LogP contribution in [0.15, 0.2) is 54.9 Å². The summed E-state index contributed by atoms with van der Waals surface area (Å²) in [6, 6.07) is 13.9. The monoisotopic (exact) mass is 249 g/mol. The number of hydrogen-bond donors (Lipinski definition) is 1. The van der Waals surface area contributed by atoms with Crippen LogP contribution in [0, 0.1) is 6.92 Å². The van der Waals surface area contributed by atoms with E-state index in [4.69, 9.17) is 5.73 Å². The fourth-order valence-corrected chi connectivity index (χ4v) is 2.32. The largest absolute Gasteiger partial charge is 0.320 e. The zero-order valence-electron chi connectivity index (χ0n) is 10.7. The van der Waals surface area contributed by atoms with Gasteiger partial charge in [-0.3, -0.25) is 9.97 Å². The number of nitrogens with two attached hydrogens (primary N) is 1. The minimum absolute atomic E-state index is 0.180. The van der Waals surface area contributed by atoms with Gasteiger partial charge in [-0.1, -0.05) is 24.3 Å². The molecule has 2 heterocycles. The summed E-state index contributed by atoms with van der Waals surface area (Å²) in [6.07, 6.45) is 3.60. The van der Waals surface area contributed by atoms with Crippen LogP contribution < -0.4 is 5.73 Å². The molecular weight excluding hydrogens is 234 g/mol. The third-order valence-electron chi connectivity index (χ3n) is 3.28. The molecule has 2 aromatic heterocycles. The molecule has 1 unspecified atom stereocenters. The summed E-state index contributed by atoms with van der Waals surface area (Å²) in [5.74, 6) is 0. The average Bonchev–Trinajstić information content (AvgIpc) is 2.46. The Kier molecular flexibility index (Phi) is 2.97. The fourth-order valence-electron chi connectivity index (χ4n) is 2.32. The summed E-state index contributed by atoms with van der Waals surface area (Å²) >= 11 is 0. The van der Waals surface area contributed by atoms with E-state index in [1.165, 1.54) is 0 Å². The SMILES string of the molecule is Cc1cc(C(N)c2cccc3cccnc23)ccn1. The molecule has 0 aliphatic heterocycles. The summed E-state index contributed by atoms with van der Waals surface area (Å²) in [5, 5.41) is 1.11. The highest BCUT2D eigenvalue weighted by Gasteiger charge is 2.12. The van der Waals surface area contributed by atoms with Gasteiger partial charge in [-0.05, 0) is 36.2 Å². The van der Waals surface area contributed by atoms with E-state index in [0.29, 0.717) is 0 Å². The van der Waals surface area contributed by atoms with Crippen LogP contribution in [0.4, 0.5) is 0 Å². The van der Waals surface area contributed by atoms with E-state index in [0.717, 1.165) is 27.7 Å². The van der Waals surface area contributed by atoms with E-state index in [1.807, 2.05) is 37.3 Å². The van der Waals surface area contributed by atoms with Crippen molar-refractivity contribution in [2.75, 3.05) is 0 Å². The van der Waals surface area contributed by atoms with Gasteiger partial charge in [-0.15, -0.1) is 0 Å². The van der Waals surface area contributed by atoms with Crippen molar-refractivity contribution in [2.45, 2.75) is 13.0 Å². The van der Waals surface area contributed by atoms with E-state index in [-0.39, 0.29) is 6.04 Å². The van der Waals surface area contributed by atoms with Crippen LogP contribution in [0.2, 0.25) is 0 Å². The molecule has 0 aliphatic carbocycles. The van der Waals surface area contributed by atoms with Crippen LogP contribution in [0.25, 0.3) is 10.9 Å². The predicted octanol–water partition coefficient (Wildman–Crippen LogP) is 2.99. The number of fused-ring (bicyclic) bond motifs is 1. The van der Waals surface area contributed by atoms with Gasteiger partial charge < -0.3 is 5.73 Å². The van der Waals surface area contributed by atoms with Crippen molar-refractivity contribution in [3.8, 4) is 0 Å². The fraction of sp³-hybridized carbons (Fsp3) is 0.125. The molecule has 0 fully saturated rings. The number of hydrogen-bond acceptors (Lipinski definition) is 3. The lowest BCUT2D eigenvalue weighted by molar-refractivity contribution is 0.870. The number of aryl methyl sites for hydroxylation is 1. The number of para-hydroxylation sites is 1. The van der Waals surface area contributed by atoms with E-state index in [2.05, 4.69) is 22.1 Å². The van der Waals surface area contributed by atoms with Crippen molar-refractivity contribution >= 4 is 10.9 Å². The Bertz CT molecular complexity index is 717. The van der Waals surface area contributed by atoms with Crippen molar-refractivity contribution < 1.29 is 0 Å². The first-order chi connectivity index (χ1) is 9.25. The summed E-state index contributed by atoms with van der Waals surface area (Å²) in [4.78, 5) is 8.66. The highest BCUT2D eigenvalue weighted by molar-refractivity contribution is 5.82. The maximum Gasteiger partial charge on any atom is 0.0753 e.